The lowest BCUT2D eigenvalue weighted by molar-refractivity contribution is -0.0570. The van der Waals surface area contributed by atoms with Gasteiger partial charge >= 0.3 is 34.2 Å². The summed E-state index contributed by atoms with van der Waals surface area (Å²) in [6.07, 6.45) is 18.3. The van der Waals surface area contributed by atoms with Crippen LogP contribution < -0.4 is 10.6 Å². The van der Waals surface area contributed by atoms with Gasteiger partial charge in [-0.15, -0.1) is 0 Å². The predicted molar refractivity (Wildman–Crippen MR) is 436 cm³/mol. The van der Waals surface area contributed by atoms with Gasteiger partial charge in [0.2, 0.25) is 0 Å². The molecule has 5 aliphatic rings. The first-order valence-electron chi connectivity index (χ1n) is 37.9. The molecule has 0 bridgehead atoms. The van der Waals surface area contributed by atoms with Crippen molar-refractivity contribution in [2.24, 2.45) is 0 Å². The molecule has 12 heterocycles. The Morgan fingerprint density at radius 3 is 1.28 bits per heavy atom. The highest BCUT2D eigenvalue weighted by Crippen LogP contribution is 2.51. The largest absolute Gasteiger partial charge is 0.459 e. The van der Waals surface area contributed by atoms with Gasteiger partial charge < -0.3 is 55.9 Å². The third-order valence-electron chi connectivity index (χ3n) is 20.9. The van der Waals surface area contributed by atoms with E-state index < -0.39 is 93.2 Å². The minimum absolute atomic E-state index is 0.0946. The number of benzene rings is 2. The number of fused-ring (bicyclic) bond motifs is 4. The van der Waals surface area contributed by atoms with Crippen molar-refractivity contribution in [3.8, 4) is 0 Å². The van der Waals surface area contributed by atoms with E-state index in [2.05, 4.69) is 166 Å². The fourth-order valence-electron chi connectivity index (χ4n) is 15.0. The van der Waals surface area contributed by atoms with Crippen LogP contribution in [0.5, 0.6) is 0 Å². The number of amides is 2. The Balaban J connectivity index is 0.000000176. The molecule has 2 aromatic carbocycles. The van der Waals surface area contributed by atoms with Crippen molar-refractivity contribution in [2.75, 3.05) is 35.4 Å². The molecule has 2 amide bonds. The number of hydrogen-bond donors (Lipinski definition) is 3. The van der Waals surface area contributed by atoms with Gasteiger partial charge in [-0.25, -0.2) is 53.3 Å². The molecular weight excluding hydrogens is 1550 g/mol. The Morgan fingerprint density at radius 1 is 0.505 bits per heavy atom. The summed E-state index contributed by atoms with van der Waals surface area (Å²) in [6, 6.07) is 17.8. The number of anilines is 2. The van der Waals surface area contributed by atoms with Gasteiger partial charge in [0.25, 0.3) is 17.0 Å². The van der Waals surface area contributed by atoms with Crippen molar-refractivity contribution in [3.05, 3.63) is 153 Å². The van der Waals surface area contributed by atoms with E-state index in [1.54, 1.807) is 140 Å². The molecule has 2 unspecified atom stereocenters. The number of hydrogen-bond acceptors (Lipinski definition) is 25. The van der Waals surface area contributed by atoms with E-state index >= 15 is 0 Å². The maximum Gasteiger partial charge on any atom is 0.335 e. The van der Waals surface area contributed by atoms with Gasteiger partial charge in [-0.3, -0.25) is 32.4 Å². The maximum atomic E-state index is 13.1. The van der Waals surface area contributed by atoms with Crippen LogP contribution >= 0.6 is 24.4 Å². The van der Waals surface area contributed by atoms with E-state index in [1.807, 2.05) is 12.1 Å². The van der Waals surface area contributed by atoms with Crippen LogP contribution in [0, 0.1) is 0 Å². The summed E-state index contributed by atoms with van der Waals surface area (Å²) in [5, 5.41) is 18.3. The molecule has 598 valence electrons. The van der Waals surface area contributed by atoms with Crippen LogP contribution in [0.3, 0.4) is 0 Å². The summed E-state index contributed by atoms with van der Waals surface area (Å²) < 4.78 is 92.8. The molecule has 30 nitrogen and oxygen atoms in total. The van der Waals surface area contributed by atoms with Gasteiger partial charge in [0.05, 0.1) is 37.4 Å². The highest BCUT2D eigenvalue weighted by Gasteiger charge is 2.64. The predicted octanol–water partition coefficient (Wildman–Crippen LogP) is 13.0. The second kappa shape index (κ2) is 35.9. The first kappa shape index (κ1) is 84.5. The summed E-state index contributed by atoms with van der Waals surface area (Å²) in [6.45, 7) is 35.2. The van der Waals surface area contributed by atoms with E-state index in [0.717, 1.165) is 19.3 Å². The molecule has 0 aliphatic carbocycles. The minimum Gasteiger partial charge on any atom is -0.459 e. The lowest BCUT2D eigenvalue weighted by Crippen LogP contribution is -2.66. The molecule has 5 aliphatic heterocycles. The Kier molecular flexibility index (Phi) is 27.3. The van der Waals surface area contributed by atoms with Crippen LogP contribution in [-0.4, -0.2) is 199 Å². The lowest BCUT2D eigenvalue weighted by Gasteiger charge is -2.51. The molecule has 111 heavy (non-hydrogen) atoms. The number of nitrogens with zero attached hydrogens (tertiary/aromatic N) is 14. The lowest BCUT2D eigenvalue weighted by atomic mass is 10.1. The van der Waals surface area contributed by atoms with Crippen molar-refractivity contribution in [2.45, 2.75) is 223 Å². The highest BCUT2D eigenvalue weighted by molar-refractivity contribution is 7.91. The molecule has 7 aromatic heterocycles. The zero-order valence-electron chi connectivity index (χ0n) is 65.7. The monoisotopic (exact) mass is 1650 g/mol. The van der Waals surface area contributed by atoms with Crippen LogP contribution in [0.25, 0.3) is 22.3 Å². The summed E-state index contributed by atoms with van der Waals surface area (Å²) in [5.41, 5.74) is 3.82. The third-order valence-corrected chi connectivity index (χ3v) is 43.9. The topological polar surface area (TPSA) is 336 Å². The molecule has 0 saturated carbocycles. The molecule has 14 rings (SSSR count). The van der Waals surface area contributed by atoms with E-state index in [4.69, 9.17) is 64.6 Å². The number of nitrogens with one attached hydrogen (secondary N) is 2. The average Bonchev–Trinajstić information content (AvgIpc) is 1.56. The van der Waals surface area contributed by atoms with Crippen LogP contribution in [0.15, 0.2) is 142 Å². The number of rotatable bonds is 15. The third kappa shape index (κ3) is 18.1. The van der Waals surface area contributed by atoms with Gasteiger partial charge in [0.15, 0.2) is 57.6 Å². The van der Waals surface area contributed by atoms with E-state index in [1.165, 1.54) is 12.7 Å². The van der Waals surface area contributed by atoms with Crippen molar-refractivity contribution < 1.29 is 63.3 Å². The van der Waals surface area contributed by atoms with Crippen molar-refractivity contribution in [1.29, 1.82) is 0 Å². The molecule has 37 heteroatoms. The molecular formula is C74H104N16O14S3Si4. The van der Waals surface area contributed by atoms with Gasteiger partial charge in [-0.2, -0.15) is 0 Å². The number of thiocarbonyl (C=S) groups is 2. The van der Waals surface area contributed by atoms with Gasteiger partial charge in [-0.05, 0) is 106 Å². The summed E-state index contributed by atoms with van der Waals surface area (Å²) in [5.74, 6) is 0.777. The smallest absolute Gasteiger partial charge is 0.335 e. The fraction of sp³-hybridized carbons (Fsp3) is 0.527. The Hall–Kier alpha value is -7.45. The number of aliphatic hydroxyl groups excluding tert-OH is 1. The van der Waals surface area contributed by atoms with Crippen LogP contribution in [0.2, 0.25) is 44.3 Å². The second-order valence-corrected chi connectivity index (χ2v) is 51.4. The van der Waals surface area contributed by atoms with Gasteiger partial charge in [0, 0.05) is 48.3 Å². The summed E-state index contributed by atoms with van der Waals surface area (Å²) >= 11 is 10.9. The van der Waals surface area contributed by atoms with E-state index in [-0.39, 0.29) is 86.2 Å². The summed E-state index contributed by atoms with van der Waals surface area (Å²) in [4.78, 5) is 64.6. The number of carbonyl (C=O) groups is 2. The van der Waals surface area contributed by atoms with Crippen molar-refractivity contribution in [1.82, 2.24) is 67.7 Å². The van der Waals surface area contributed by atoms with Crippen LogP contribution in [-0.2, 0) is 50.0 Å². The number of sulfone groups is 1. The number of ether oxygens (including phenoxy) is 3. The van der Waals surface area contributed by atoms with Crippen LogP contribution in [0.1, 0.15) is 163 Å². The average molecular weight is 1650 g/mol. The second-order valence-electron chi connectivity index (χ2n) is 30.7. The van der Waals surface area contributed by atoms with Crippen molar-refractivity contribution in [3.63, 3.8) is 0 Å². The minimum atomic E-state index is -3.04. The first-order chi connectivity index (χ1) is 52.9. The highest BCUT2D eigenvalue weighted by atomic mass is 32.2. The fourth-order valence-corrected chi connectivity index (χ4v) is 39.3. The molecule has 8 atom stereocenters. The van der Waals surface area contributed by atoms with E-state index in [0.29, 0.717) is 50.1 Å². The molecule has 0 radical (unpaired) electrons. The zero-order chi connectivity index (χ0) is 79.9. The van der Waals surface area contributed by atoms with Crippen molar-refractivity contribution >= 4 is 125 Å². The van der Waals surface area contributed by atoms with Gasteiger partial charge in [0.1, 0.15) is 72.0 Å². The van der Waals surface area contributed by atoms with Gasteiger partial charge in [-0.1, -0.05) is 154 Å². The maximum absolute atomic E-state index is 13.1. The first-order valence-corrected chi connectivity index (χ1v) is 48.4. The number of aliphatic hydroxyl groups is 1. The Labute approximate surface area is 663 Å². The summed E-state index contributed by atoms with van der Waals surface area (Å²) in [7, 11) is -14.1. The molecule has 5 fully saturated rings. The standard InChI is InChI=1S/C33H45N7O6SSi2.C29H43N5O6Si2.C7H6N4S.C5H10O2S/c1-20(2)48(21(3)4)42-16-25-27(45-49(46-48,22(5)6)23(7)8)28(44-33(47)39-15-14-34-18-39)32(43-25)40-19-37-26-29(35-17-36-30(26)40)38-31(41)24-12-10-9-11-13-24;1-17(2)41(18(3)4)37-14-22-25(39-42(40-41,19(5)6)20(7)8)24(35)29(38-22)34-16-32-23-26(30-15-31-27(23)34)33-28(36)21-12-10-9-11-13-21;12-7(10-3-1-8-5-10)11-4-2-9-6-11;6-8(7)4-2-1-3-5-8/h9-15,17-23,25,27-28,32H,16H2,1-8H3,(H,35,36,38,41);9-13,15-20,22,24-25,29,35H,14H2,1-8H3,(H,30,31,33,36);1-6H;1-5H2/t25-,27?,28+,32-;22-,24+,25?,29-;;/m11../s1. The SMILES string of the molecule is CC(C)[Si]1(C(C)C)OC[C@H]2O[C@@H](n3cnc4c(NC(=O)c5ccccc5)ncnc43)[C@@H](O)C2O[Si](C(C)C)(C(C)C)O1.CC(C)[Si]1(C(C)C)OC[C@H]2O[C@@H](n3cnc4c(NC(=O)c5ccccc5)ncnc43)[C@@H](OC(=S)n3ccnc3)C2O[Si](C(C)C)(C(C)C)O1.O=S1(=O)CCCCC1.S=C(n1ccnc1)n1ccnc1. The molecule has 0 spiro atoms. The number of carbonyl (C=O) groups excluding carboxylic acids is 2. The molecule has 5 saturated heterocycles. The quantitative estimate of drug-likeness (QED) is 0.0634. The van der Waals surface area contributed by atoms with E-state index in [9.17, 15) is 23.1 Å². The molecule has 3 N–H and O–H groups in total. The zero-order valence-corrected chi connectivity index (χ0v) is 72.2. The van der Waals surface area contributed by atoms with Crippen LogP contribution in [0.4, 0.5) is 11.6 Å². The Bertz CT molecular complexity index is 4620. The number of aromatic nitrogens is 14. The normalized spacial score (nSPS) is 23.1. The molecule has 9 aromatic rings. The number of imidazole rings is 5. The Morgan fingerprint density at radius 2 is 0.892 bits per heavy atom.